The van der Waals surface area contributed by atoms with E-state index in [1.165, 1.54) is 0 Å². The molecule has 96 valence electrons. The first kappa shape index (κ1) is 13.2. The third kappa shape index (κ3) is 2.60. The molecule has 1 amide bonds. The quantitative estimate of drug-likeness (QED) is 0.898. The molecule has 1 aromatic rings. The van der Waals surface area contributed by atoms with Crippen LogP contribution in [0.2, 0.25) is 10.0 Å². The van der Waals surface area contributed by atoms with E-state index in [0.29, 0.717) is 22.2 Å². The van der Waals surface area contributed by atoms with E-state index in [0.717, 1.165) is 5.56 Å². The Bertz CT molecular complexity index is 530. The van der Waals surface area contributed by atoms with Crippen molar-refractivity contribution in [1.82, 2.24) is 0 Å². The van der Waals surface area contributed by atoms with E-state index < -0.39 is 17.8 Å². The first-order valence-electron chi connectivity index (χ1n) is 5.39. The summed E-state index contributed by atoms with van der Waals surface area (Å²) in [7, 11) is 0. The van der Waals surface area contributed by atoms with Gasteiger partial charge in [-0.25, -0.2) is 0 Å². The van der Waals surface area contributed by atoms with Crippen LogP contribution in [0.3, 0.4) is 0 Å². The molecule has 4 nitrogen and oxygen atoms in total. The van der Waals surface area contributed by atoms with Gasteiger partial charge in [0.2, 0.25) is 5.91 Å². The Balaban J connectivity index is 2.09. The lowest BCUT2D eigenvalue weighted by atomic mass is 10.2. The number of carbonyl (C=O) groups is 2. The Hall–Kier alpha value is -1.26. The number of hydrogen-bond donors (Lipinski definition) is 2. The van der Waals surface area contributed by atoms with Crippen molar-refractivity contribution in [2.45, 2.75) is 13.3 Å². The topological polar surface area (TPSA) is 66.4 Å². The standard InChI is InChI=1S/C12H11Cl2NO3/c1-5-2-9(14)10(4-8(5)13)15-11(16)6-3-7(6)12(17)18/h2,4,6-7H,3H2,1H3,(H,15,16)(H,17,18)/t6-,7+/m1/s1. The Labute approximate surface area is 114 Å². The minimum Gasteiger partial charge on any atom is -0.481 e. The fourth-order valence-electron chi connectivity index (χ4n) is 1.73. The lowest BCUT2D eigenvalue weighted by molar-refractivity contribution is -0.139. The second-order valence-corrected chi connectivity index (χ2v) is 5.17. The SMILES string of the molecule is Cc1cc(Cl)c(NC(=O)[C@@H]2C[C@@H]2C(=O)O)cc1Cl. The number of anilines is 1. The molecular weight excluding hydrogens is 277 g/mol. The van der Waals surface area contributed by atoms with Crippen molar-refractivity contribution in [2.24, 2.45) is 11.8 Å². The molecular formula is C12H11Cl2NO3. The summed E-state index contributed by atoms with van der Waals surface area (Å²) >= 11 is 11.9. The second-order valence-electron chi connectivity index (χ2n) is 4.36. The number of aliphatic carboxylic acids is 1. The van der Waals surface area contributed by atoms with Gasteiger partial charge in [0.1, 0.15) is 0 Å². The van der Waals surface area contributed by atoms with Crippen LogP contribution in [0.4, 0.5) is 5.69 Å². The smallest absolute Gasteiger partial charge is 0.307 e. The third-order valence-corrected chi connectivity index (χ3v) is 3.67. The Morgan fingerprint density at radius 3 is 2.50 bits per heavy atom. The number of benzene rings is 1. The average molecular weight is 288 g/mol. The first-order chi connectivity index (χ1) is 8.40. The van der Waals surface area contributed by atoms with Gasteiger partial charge in [-0.15, -0.1) is 0 Å². The summed E-state index contributed by atoms with van der Waals surface area (Å²) in [6, 6.07) is 3.22. The summed E-state index contributed by atoms with van der Waals surface area (Å²) in [5.41, 5.74) is 1.22. The van der Waals surface area contributed by atoms with Gasteiger partial charge in [0, 0.05) is 5.02 Å². The van der Waals surface area contributed by atoms with Crippen LogP contribution in [0.25, 0.3) is 0 Å². The molecule has 1 aliphatic carbocycles. The van der Waals surface area contributed by atoms with Gasteiger partial charge in [0.25, 0.3) is 0 Å². The molecule has 1 fully saturated rings. The monoisotopic (exact) mass is 287 g/mol. The minimum absolute atomic E-state index is 0.329. The van der Waals surface area contributed by atoms with Crippen molar-refractivity contribution in [3.63, 3.8) is 0 Å². The Morgan fingerprint density at radius 2 is 1.94 bits per heavy atom. The molecule has 1 saturated carbocycles. The van der Waals surface area contributed by atoms with Gasteiger partial charge in [0.15, 0.2) is 0 Å². The van der Waals surface area contributed by atoms with E-state index in [2.05, 4.69) is 5.32 Å². The molecule has 2 N–H and O–H groups in total. The van der Waals surface area contributed by atoms with Gasteiger partial charge in [-0.05, 0) is 31.0 Å². The highest BCUT2D eigenvalue weighted by atomic mass is 35.5. The van der Waals surface area contributed by atoms with Crippen LogP contribution in [0, 0.1) is 18.8 Å². The van der Waals surface area contributed by atoms with Crippen molar-refractivity contribution in [2.75, 3.05) is 5.32 Å². The molecule has 0 bridgehead atoms. The molecule has 2 rings (SSSR count). The van der Waals surface area contributed by atoms with Gasteiger partial charge in [-0.2, -0.15) is 0 Å². The Kier molecular flexibility index (Phi) is 3.50. The predicted octanol–water partition coefficient (Wildman–Crippen LogP) is 2.96. The summed E-state index contributed by atoms with van der Waals surface area (Å²) in [5, 5.41) is 12.2. The highest BCUT2D eigenvalue weighted by Gasteiger charge is 2.48. The van der Waals surface area contributed by atoms with E-state index in [1.54, 1.807) is 19.1 Å². The number of carbonyl (C=O) groups excluding carboxylic acids is 1. The van der Waals surface area contributed by atoms with Crippen LogP contribution in [0.15, 0.2) is 12.1 Å². The summed E-state index contributed by atoms with van der Waals surface area (Å²) in [5.74, 6) is -2.32. The number of aryl methyl sites for hydroxylation is 1. The summed E-state index contributed by atoms with van der Waals surface area (Å²) in [6.45, 7) is 1.81. The number of carboxylic acids is 1. The largest absolute Gasteiger partial charge is 0.481 e. The van der Waals surface area contributed by atoms with Gasteiger partial charge < -0.3 is 10.4 Å². The zero-order chi connectivity index (χ0) is 13.4. The first-order valence-corrected chi connectivity index (χ1v) is 6.15. The fraction of sp³-hybridized carbons (Fsp3) is 0.333. The maximum absolute atomic E-state index is 11.8. The van der Waals surface area contributed by atoms with Gasteiger partial charge in [-0.3, -0.25) is 9.59 Å². The van der Waals surface area contributed by atoms with Crippen LogP contribution in [0.1, 0.15) is 12.0 Å². The number of carboxylic acid groups (broad SMARTS) is 1. The summed E-state index contributed by atoms with van der Waals surface area (Å²) in [6.07, 6.45) is 0.373. The van der Waals surface area contributed by atoms with Gasteiger partial charge >= 0.3 is 5.97 Å². The van der Waals surface area contributed by atoms with Gasteiger partial charge in [0.05, 0.1) is 22.5 Å². The van der Waals surface area contributed by atoms with Crippen LogP contribution in [0.5, 0.6) is 0 Å². The predicted molar refractivity (Wildman–Crippen MR) is 69.1 cm³/mol. The van der Waals surface area contributed by atoms with Gasteiger partial charge in [-0.1, -0.05) is 23.2 Å². The van der Waals surface area contributed by atoms with E-state index in [4.69, 9.17) is 28.3 Å². The van der Waals surface area contributed by atoms with Crippen LogP contribution < -0.4 is 5.32 Å². The van der Waals surface area contributed by atoms with Crippen molar-refractivity contribution < 1.29 is 14.7 Å². The highest BCUT2D eigenvalue weighted by Crippen LogP contribution is 2.40. The summed E-state index contributed by atoms with van der Waals surface area (Å²) < 4.78 is 0. The van der Waals surface area contributed by atoms with Crippen molar-refractivity contribution >= 4 is 40.8 Å². The lowest BCUT2D eigenvalue weighted by Gasteiger charge is -2.08. The van der Waals surface area contributed by atoms with Crippen molar-refractivity contribution in [3.05, 3.63) is 27.7 Å². The second kappa shape index (κ2) is 4.78. The molecule has 0 heterocycles. The number of nitrogens with one attached hydrogen (secondary N) is 1. The molecule has 0 aliphatic heterocycles. The van der Waals surface area contributed by atoms with Crippen molar-refractivity contribution in [3.8, 4) is 0 Å². The molecule has 0 radical (unpaired) electrons. The lowest BCUT2D eigenvalue weighted by Crippen LogP contribution is -2.17. The third-order valence-electron chi connectivity index (χ3n) is 2.95. The van der Waals surface area contributed by atoms with Crippen LogP contribution in [-0.4, -0.2) is 17.0 Å². The maximum atomic E-state index is 11.8. The van der Waals surface area contributed by atoms with E-state index in [1.807, 2.05) is 0 Å². The number of amides is 1. The zero-order valence-corrected chi connectivity index (χ0v) is 11.0. The highest BCUT2D eigenvalue weighted by molar-refractivity contribution is 6.36. The minimum atomic E-state index is -0.941. The van der Waals surface area contributed by atoms with Crippen molar-refractivity contribution in [1.29, 1.82) is 0 Å². The molecule has 1 aliphatic rings. The molecule has 6 heteroatoms. The molecule has 0 aromatic heterocycles. The molecule has 0 saturated heterocycles. The molecule has 0 unspecified atom stereocenters. The molecule has 1 aromatic carbocycles. The van der Waals surface area contributed by atoms with E-state index >= 15 is 0 Å². The normalized spacial score (nSPS) is 21.5. The molecule has 0 spiro atoms. The number of hydrogen-bond acceptors (Lipinski definition) is 2. The average Bonchev–Trinajstić information content (AvgIpc) is 3.05. The Morgan fingerprint density at radius 1 is 1.28 bits per heavy atom. The zero-order valence-electron chi connectivity index (χ0n) is 9.54. The number of rotatable bonds is 3. The van der Waals surface area contributed by atoms with E-state index in [9.17, 15) is 9.59 Å². The van der Waals surface area contributed by atoms with Crippen LogP contribution in [-0.2, 0) is 9.59 Å². The number of halogens is 2. The summed E-state index contributed by atoms with van der Waals surface area (Å²) in [4.78, 5) is 22.4. The van der Waals surface area contributed by atoms with E-state index in [-0.39, 0.29) is 5.91 Å². The fourth-order valence-corrected chi connectivity index (χ4v) is 2.15. The maximum Gasteiger partial charge on any atom is 0.307 e. The molecule has 18 heavy (non-hydrogen) atoms. The van der Waals surface area contributed by atoms with Crippen LogP contribution >= 0.6 is 23.2 Å². The molecule has 2 atom stereocenters.